The lowest BCUT2D eigenvalue weighted by atomic mass is 11.0. The van der Waals surface area contributed by atoms with Crippen LogP contribution in [-0.2, 0) is 0 Å². The first kappa shape index (κ1) is 3.83. The van der Waals surface area contributed by atoms with Crippen LogP contribution in [-0.4, -0.2) is 15.6 Å². The van der Waals surface area contributed by atoms with Gasteiger partial charge in [0.2, 0.25) is 0 Å². The van der Waals surface area contributed by atoms with E-state index in [2.05, 4.69) is 22.6 Å². The fourth-order valence-corrected chi connectivity index (χ4v) is 0.582. The van der Waals surface area contributed by atoms with Crippen LogP contribution >= 0.6 is 22.6 Å². The number of hydrogen-bond acceptors (Lipinski definition) is 2. The van der Waals surface area contributed by atoms with E-state index in [4.69, 9.17) is 5.84 Å². The van der Waals surface area contributed by atoms with E-state index in [-0.39, 0.29) is 0 Å². The van der Waals surface area contributed by atoms with Crippen molar-refractivity contribution >= 4 is 22.6 Å². The standard InChI is InChI=1S/C2H5IN2/c3-2-1-5(2)4/h2H,1,4H2. The maximum atomic E-state index is 5.19. The van der Waals surface area contributed by atoms with Gasteiger partial charge in [-0.05, 0) is 0 Å². The van der Waals surface area contributed by atoms with Crippen LogP contribution < -0.4 is 5.84 Å². The summed E-state index contributed by atoms with van der Waals surface area (Å²) in [6.45, 7) is 1.07. The molecule has 2 unspecified atom stereocenters. The van der Waals surface area contributed by atoms with Crippen LogP contribution in [0.3, 0.4) is 0 Å². The minimum absolute atomic E-state index is 0.632. The maximum Gasteiger partial charge on any atom is 0.0897 e. The van der Waals surface area contributed by atoms with Gasteiger partial charge in [-0.15, -0.1) is 0 Å². The summed E-state index contributed by atoms with van der Waals surface area (Å²) in [7, 11) is 0. The Bertz CT molecular complexity index is 40.9. The van der Waals surface area contributed by atoms with Crippen molar-refractivity contribution in [2.45, 2.75) is 4.05 Å². The highest BCUT2D eigenvalue weighted by Crippen LogP contribution is 2.16. The zero-order chi connectivity index (χ0) is 3.86. The summed E-state index contributed by atoms with van der Waals surface area (Å²) in [4.78, 5) is 0. The second-order valence-electron chi connectivity index (χ2n) is 1.13. The van der Waals surface area contributed by atoms with Crippen LogP contribution in [0.15, 0.2) is 0 Å². The van der Waals surface area contributed by atoms with E-state index in [9.17, 15) is 0 Å². The SMILES string of the molecule is NN1CC1I. The molecule has 0 saturated carbocycles. The van der Waals surface area contributed by atoms with Crippen molar-refractivity contribution in [2.75, 3.05) is 6.54 Å². The molecule has 0 radical (unpaired) electrons. The molecule has 2 N–H and O–H groups in total. The molecule has 0 spiro atoms. The molecule has 1 saturated heterocycles. The van der Waals surface area contributed by atoms with Crippen molar-refractivity contribution in [3.8, 4) is 0 Å². The molecule has 0 aromatic heterocycles. The largest absolute Gasteiger partial charge is 0.268 e. The molecule has 0 aromatic rings. The van der Waals surface area contributed by atoms with Gasteiger partial charge in [-0.1, -0.05) is 22.6 Å². The normalized spacial score (nSPS) is 49.2. The van der Waals surface area contributed by atoms with Crippen molar-refractivity contribution in [3.05, 3.63) is 0 Å². The van der Waals surface area contributed by atoms with Gasteiger partial charge in [0, 0.05) is 6.54 Å². The van der Waals surface area contributed by atoms with Crippen LogP contribution in [0.2, 0.25) is 0 Å². The van der Waals surface area contributed by atoms with Crippen LogP contribution in [0.5, 0.6) is 0 Å². The lowest BCUT2D eigenvalue weighted by Crippen LogP contribution is -2.05. The number of rotatable bonds is 0. The molecule has 2 atom stereocenters. The van der Waals surface area contributed by atoms with Gasteiger partial charge < -0.3 is 0 Å². The zero-order valence-electron chi connectivity index (χ0n) is 2.69. The molecule has 0 amide bonds. The molecular weight excluding hydrogens is 179 g/mol. The molecule has 1 aliphatic rings. The fourth-order valence-electron chi connectivity index (χ4n) is 0.127. The molecular formula is C2H5IN2. The smallest absolute Gasteiger partial charge is 0.0897 e. The monoisotopic (exact) mass is 184 g/mol. The highest BCUT2D eigenvalue weighted by Gasteiger charge is 2.26. The van der Waals surface area contributed by atoms with Gasteiger partial charge in [-0.25, -0.2) is 5.01 Å². The summed E-state index contributed by atoms with van der Waals surface area (Å²) in [5.74, 6) is 5.19. The molecule has 2 nitrogen and oxygen atoms in total. The number of hydrogen-bond donors (Lipinski definition) is 1. The number of nitrogens with two attached hydrogens (primary N) is 1. The summed E-state index contributed by atoms with van der Waals surface area (Å²) >= 11 is 2.28. The Kier molecular flexibility index (Phi) is 0.810. The first-order valence-electron chi connectivity index (χ1n) is 1.46. The van der Waals surface area contributed by atoms with Crippen molar-refractivity contribution in [3.63, 3.8) is 0 Å². The van der Waals surface area contributed by atoms with Crippen LogP contribution in [0.4, 0.5) is 0 Å². The van der Waals surface area contributed by atoms with E-state index < -0.39 is 0 Å². The summed E-state index contributed by atoms with van der Waals surface area (Å²) in [6.07, 6.45) is 0. The molecule has 0 bridgehead atoms. The van der Waals surface area contributed by atoms with Gasteiger partial charge >= 0.3 is 0 Å². The predicted molar refractivity (Wildman–Crippen MR) is 28.7 cm³/mol. The van der Waals surface area contributed by atoms with Crippen molar-refractivity contribution in [2.24, 2.45) is 5.84 Å². The zero-order valence-corrected chi connectivity index (χ0v) is 4.84. The van der Waals surface area contributed by atoms with E-state index in [1.165, 1.54) is 0 Å². The Balaban J connectivity index is 2.20. The number of halogens is 1. The molecule has 1 fully saturated rings. The van der Waals surface area contributed by atoms with Crippen molar-refractivity contribution in [1.82, 2.24) is 5.01 Å². The summed E-state index contributed by atoms with van der Waals surface area (Å²) in [5.41, 5.74) is 0. The lowest BCUT2D eigenvalue weighted by Gasteiger charge is -1.75. The Hall–Kier alpha value is 0.650. The molecule has 1 aliphatic heterocycles. The summed E-state index contributed by atoms with van der Waals surface area (Å²) in [5, 5.41) is 1.78. The second kappa shape index (κ2) is 1.06. The van der Waals surface area contributed by atoms with Crippen LogP contribution in [0.25, 0.3) is 0 Å². The van der Waals surface area contributed by atoms with Gasteiger partial charge in [0.05, 0.1) is 4.05 Å². The van der Waals surface area contributed by atoms with E-state index >= 15 is 0 Å². The van der Waals surface area contributed by atoms with Crippen LogP contribution in [0.1, 0.15) is 0 Å². The number of alkyl halides is 1. The van der Waals surface area contributed by atoms with Crippen molar-refractivity contribution in [1.29, 1.82) is 0 Å². The molecule has 0 aromatic carbocycles. The average molecular weight is 184 g/mol. The van der Waals surface area contributed by atoms with Crippen LogP contribution in [0, 0.1) is 0 Å². The Morgan fingerprint density at radius 1 is 2.00 bits per heavy atom. The topological polar surface area (TPSA) is 29.0 Å². The van der Waals surface area contributed by atoms with E-state index in [1.54, 1.807) is 5.01 Å². The quantitative estimate of drug-likeness (QED) is 0.188. The van der Waals surface area contributed by atoms with Gasteiger partial charge in [0.15, 0.2) is 0 Å². The molecule has 5 heavy (non-hydrogen) atoms. The van der Waals surface area contributed by atoms with E-state index in [0.717, 1.165) is 6.54 Å². The number of nitrogens with zero attached hydrogens (tertiary/aromatic N) is 1. The Labute approximate surface area is 44.4 Å². The minimum Gasteiger partial charge on any atom is -0.268 e. The third-order valence-electron chi connectivity index (χ3n) is 0.588. The van der Waals surface area contributed by atoms with E-state index in [1.807, 2.05) is 0 Å². The third-order valence-corrected chi connectivity index (χ3v) is 1.70. The first-order valence-corrected chi connectivity index (χ1v) is 2.70. The molecule has 30 valence electrons. The lowest BCUT2D eigenvalue weighted by molar-refractivity contribution is 0.596. The Morgan fingerprint density at radius 2 is 2.20 bits per heavy atom. The first-order chi connectivity index (χ1) is 2.30. The molecule has 0 aliphatic carbocycles. The third kappa shape index (κ3) is 0.738. The van der Waals surface area contributed by atoms with Crippen molar-refractivity contribution < 1.29 is 0 Å². The number of hydrazine groups is 1. The molecule has 1 heterocycles. The Morgan fingerprint density at radius 3 is 2.20 bits per heavy atom. The highest BCUT2D eigenvalue weighted by molar-refractivity contribution is 14.1. The van der Waals surface area contributed by atoms with Gasteiger partial charge in [0.25, 0.3) is 0 Å². The van der Waals surface area contributed by atoms with E-state index in [0.29, 0.717) is 4.05 Å². The highest BCUT2D eigenvalue weighted by atomic mass is 127. The second-order valence-corrected chi connectivity index (χ2v) is 2.57. The predicted octanol–water partition coefficient (Wildman–Crippen LogP) is -0.0632. The van der Waals surface area contributed by atoms with Gasteiger partial charge in [-0.3, -0.25) is 5.84 Å². The van der Waals surface area contributed by atoms with Gasteiger partial charge in [-0.2, -0.15) is 0 Å². The molecule has 1 rings (SSSR count). The average Bonchev–Trinajstić information content (AvgIpc) is 1.79. The minimum atomic E-state index is 0.632. The summed E-state index contributed by atoms with van der Waals surface area (Å²) < 4.78 is 0.632. The van der Waals surface area contributed by atoms with Gasteiger partial charge in [0.1, 0.15) is 0 Å². The summed E-state index contributed by atoms with van der Waals surface area (Å²) in [6, 6.07) is 0. The molecule has 3 heteroatoms. The fraction of sp³-hybridized carbons (Fsp3) is 1.00. The maximum absolute atomic E-state index is 5.19.